The van der Waals surface area contributed by atoms with E-state index in [0.29, 0.717) is 18.0 Å². The number of aliphatic hydroxyl groups excluding tert-OH is 1. The van der Waals surface area contributed by atoms with Gasteiger partial charge in [0.1, 0.15) is 12.3 Å². The maximum Gasteiger partial charge on any atom is 0.350 e. The molecule has 3 aromatic heterocycles. The lowest BCUT2D eigenvalue weighted by Crippen LogP contribution is -2.24. The van der Waals surface area contributed by atoms with Gasteiger partial charge in [0.05, 0.1) is 17.4 Å². The minimum atomic E-state index is -0.598. The van der Waals surface area contributed by atoms with Crippen molar-refractivity contribution in [3.8, 4) is 16.9 Å². The van der Waals surface area contributed by atoms with Crippen molar-refractivity contribution in [3.63, 3.8) is 0 Å². The highest BCUT2D eigenvalue weighted by Gasteiger charge is 2.29. The minimum Gasteiger partial charge on any atom is -0.388 e. The van der Waals surface area contributed by atoms with Crippen LogP contribution in [0.25, 0.3) is 27.8 Å². The highest BCUT2D eigenvalue weighted by atomic mass is 19.1. The van der Waals surface area contributed by atoms with E-state index in [1.807, 2.05) is 6.07 Å². The largest absolute Gasteiger partial charge is 0.388 e. The molecule has 0 unspecified atom stereocenters. The second kappa shape index (κ2) is 7.67. The first kappa shape index (κ1) is 20.6. The van der Waals surface area contributed by atoms with E-state index in [0.717, 1.165) is 45.4 Å². The number of rotatable bonds is 6. The van der Waals surface area contributed by atoms with Gasteiger partial charge in [-0.15, -0.1) is 5.10 Å². The highest BCUT2D eigenvalue weighted by molar-refractivity contribution is 5.87. The van der Waals surface area contributed by atoms with Crippen molar-refractivity contribution >= 4 is 10.9 Å². The summed E-state index contributed by atoms with van der Waals surface area (Å²) in [5.74, 6) is 0.223. The molecule has 166 valence electrons. The number of nitrogens with one attached hydrogen (secondary N) is 1. The second-order valence-electron chi connectivity index (χ2n) is 8.56. The molecule has 9 heteroatoms. The molecule has 2 N–H and O–H groups in total. The lowest BCUT2D eigenvalue weighted by Gasteiger charge is -2.14. The van der Waals surface area contributed by atoms with E-state index in [9.17, 15) is 9.90 Å². The summed E-state index contributed by atoms with van der Waals surface area (Å²) in [5, 5.41) is 21.8. The normalized spacial score (nSPS) is 14.1. The molecule has 1 aliphatic rings. The molecule has 3 heterocycles. The molecule has 4 aromatic rings. The average molecular weight is 436 g/mol. The number of aromatic nitrogens is 6. The van der Waals surface area contributed by atoms with Gasteiger partial charge >= 0.3 is 5.69 Å². The van der Waals surface area contributed by atoms with Gasteiger partial charge in [-0.05, 0) is 43.4 Å². The molecule has 0 radical (unpaired) electrons. The summed E-state index contributed by atoms with van der Waals surface area (Å²) in [6.07, 6.45) is 4.05. The smallest absolute Gasteiger partial charge is 0.350 e. The van der Waals surface area contributed by atoms with E-state index in [2.05, 4.69) is 29.1 Å². The van der Waals surface area contributed by atoms with Crippen molar-refractivity contribution in [3.05, 3.63) is 57.8 Å². The van der Waals surface area contributed by atoms with Crippen molar-refractivity contribution in [2.45, 2.75) is 58.6 Å². The Morgan fingerprint density at radius 1 is 1.28 bits per heavy atom. The zero-order chi connectivity index (χ0) is 22.6. The lowest BCUT2D eigenvalue weighted by molar-refractivity contribution is 0.264. The highest BCUT2D eigenvalue weighted by Crippen LogP contribution is 2.43. The first-order chi connectivity index (χ1) is 15.4. The molecule has 0 atom stereocenters. The zero-order valence-electron chi connectivity index (χ0n) is 18.3. The Morgan fingerprint density at radius 2 is 2.06 bits per heavy atom. The van der Waals surface area contributed by atoms with Gasteiger partial charge in [0, 0.05) is 35.2 Å². The Balaban J connectivity index is 1.72. The third-order valence-corrected chi connectivity index (χ3v) is 6.09. The molecule has 5 rings (SSSR count). The molecule has 1 aliphatic carbocycles. The van der Waals surface area contributed by atoms with E-state index in [1.54, 1.807) is 19.2 Å². The third kappa shape index (κ3) is 3.24. The second-order valence-corrected chi connectivity index (χ2v) is 8.56. The van der Waals surface area contributed by atoms with Crippen LogP contribution in [0.5, 0.6) is 0 Å². The molecule has 1 saturated carbocycles. The molecular formula is C23H25FN6O2. The Labute approximate surface area is 183 Å². The molecular weight excluding hydrogens is 411 g/mol. The third-order valence-electron chi connectivity index (χ3n) is 6.09. The van der Waals surface area contributed by atoms with Gasteiger partial charge in [-0.1, -0.05) is 13.8 Å². The van der Waals surface area contributed by atoms with Crippen molar-refractivity contribution < 1.29 is 9.50 Å². The summed E-state index contributed by atoms with van der Waals surface area (Å²) >= 11 is 0. The van der Waals surface area contributed by atoms with Gasteiger partial charge < -0.3 is 5.11 Å². The maximum atomic E-state index is 15.2. The number of benzene rings is 1. The monoisotopic (exact) mass is 436 g/mol. The summed E-state index contributed by atoms with van der Waals surface area (Å²) in [7, 11) is 0. The van der Waals surface area contributed by atoms with E-state index >= 15 is 4.39 Å². The van der Waals surface area contributed by atoms with Gasteiger partial charge in [0.25, 0.3) is 0 Å². The number of hydrogen-bond donors (Lipinski definition) is 2. The number of hydrogen-bond acceptors (Lipinski definition) is 5. The van der Waals surface area contributed by atoms with Gasteiger partial charge in [0.15, 0.2) is 11.6 Å². The number of aromatic amines is 1. The Morgan fingerprint density at radius 3 is 2.69 bits per heavy atom. The zero-order valence-corrected chi connectivity index (χ0v) is 18.3. The van der Waals surface area contributed by atoms with Crippen LogP contribution in [0.15, 0.2) is 29.2 Å². The molecule has 0 spiro atoms. The van der Waals surface area contributed by atoms with Crippen LogP contribution in [-0.2, 0) is 13.2 Å². The van der Waals surface area contributed by atoms with Crippen LogP contribution in [0.3, 0.4) is 0 Å². The number of fused-ring (bicyclic) bond motifs is 1. The fourth-order valence-electron chi connectivity index (χ4n) is 4.25. The fourth-order valence-corrected chi connectivity index (χ4v) is 4.25. The Kier molecular flexibility index (Phi) is 4.93. The molecule has 1 aromatic carbocycles. The molecule has 0 saturated heterocycles. The molecule has 32 heavy (non-hydrogen) atoms. The number of nitrogens with zero attached hydrogens (tertiary/aromatic N) is 5. The van der Waals surface area contributed by atoms with Crippen molar-refractivity contribution in [1.82, 2.24) is 29.5 Å². The van der Waals surface area contributed by atoms with Crippen LogP contribution >= 0.6 is 0 Å². The summed E-state index contributed by atoms with van der Waals surface area (Å²) < 4.78 is 17.6. The first-order valence-electron chi connectivity index (χ1n) is 10.9. The number of aliphatic hydroxyl groups is 1. The van der Waals surface area contributed by atoms with Crippen LogP contribution in [0.1, 0.15) is 62.5 Å². The van der Waals surface area contributed by atoms with Gasteiger partial charge in [-0.2, -0.15) is 9.78 Å². The van der Waals surface area contributed by atoms with E-state index in [-0.39, 0.29) is 17.4 Å². The minimum absolute atomic E-state index is 0.0443. The Hall–Kier alpha value is -3.33. The predicted octanol–water partition coefficient (Wildman–Crippen LogP) is 3.62. The molecule has 0 amide bonds. The summed E-state index contributed by atoms with van der Waals surface area (Å²) in [6.45, 7) is 5.85. The van der Waals surface area contributed by atoms with Crippen LogP contribution in [0.4, 0.5) is 4.39 Å². The summed E-state index contributed by atoms with van der Waals surface area (Å²) in [5.41, 5.74) is 3.86. The van der Waals surface area contributed by atoms with Crippen molar-refractivity contribution in [2.24, 2.45) is 0 Å². The number of pyridine rings is 1. The van der Waals surface area contributed by atoms with E-state index in [1.165, 1.54) is 10.6 Å². The SMILES string of the molecule is CCn1c(CO)nn(-c2cc3c(C(C)C)cc(-c4cn[nH]c4C4CC4)nc3cc2F)c1=O. The molecule has 1 fully saturated rings. The van der Waals surface area contributed by atoms with E-state index < -0.39 is 18.1 Å². The van der Waals surface area contributed by atoms with E-state index in [4.69, 9.17) is 4.98 Å². The fraction of sp³-hybridized carbons (Fsp3) is 0.391. The quantitative estimate of drug-likeness (QED) is 0.481. The molecule has 0 bridgehead atoms. The topological polar surface area (TPSA) is 102 Å². The number of halogens is 1. The Bertz CT molecular complexity index is 1380. The molecule has 8 nitrogen and oxygen atoms in total. The summed E-state index contributed by atoms with van der Waals surface area (Å²) in [6, 6.07) is 5.01. The van der Waals surface area contributed by atoms with Gasteiger partial charge in [-0.25, -0.2) is 14.2 Å². The van der Waals surface area contributed by atoms with Gasteiger partial charge in [0.2, 0.25) is 0 Å². The number of H-pyrrole nitrogens is 1. The lowest BCUT2D eigenvalue weighted by atomic mass is 9.95. The molecule has 0 aliphatic heterocycles. The van der Waals surface area contributed by atoms with Crippen molar-refractivity contribution in [2.75, 3.05) is 0 Å². The predicted molar refractivity (Wildman–Crippen MR) is 118 cm³/mol. The summed E-state index contributed by atoms with van der Waals surface area (Å²) in [4.78, 5) is 17.5. The van der Waals surface area contributed by atoms with Crippen molar-refractivity contribution in [1.29, 1.82) is 0 Å². The van der Waals surface area contributed by atoms with Crippen LogP contribution in [0.2, 0.25) is 0 Å². The van der Waals surface area contributed by atoms with Crippen LogP contribution in [-0.4, -0.2) is 34.6 Å². The first-order valence-corrected chi connectivity index (χ1v) is 10.9. The maximum absolute atomic E-state index is 15.2. The van der Waals surface area contributed by atoms with Crippen LogP contribution in [0, 0.1) is 5.82 Å². The van der Waals surface area contributed by atoms with Crippen LogP contribution < -0.4 is 5.69 Å². The standard InChI is InChI=1S/C23H25FN6O2/c1-4-29-21(11-31)28-30(23(29)32)20-8-15-14(12(2)3)7-18(26-19(15)9-17(20)24)16-10-25-27-22(16)13-5-6-13/h7-10,12-13,31H,4-6,11H2,1-3H3,(H,25,27). The van der Waals surface area contributed by atoms with Gasteiger partial charge in [-0.3, -0.25) is 9.67 Å². The average Bonchev–Trinajstić information content (AvgIpc) is 3.41.